The monoisotopic (exact) mass is 383 g/mol. The molecule has 1 N–H and O–H groups in total. The standard InChI is InChI=1S/C23H33N3O2/c1-15-22(16(2)26(25-15)23(4,5)6)21-14-19(24-17(3)27)13-20(28-21)12-18-10-8-7-9-11-18/h7-11,19-21H,12-14H2,1-6H3,(H,24,27)/t19-,20+,21+/m0/s1. The van der Waals surface area contributed by atoms with E-state index in [-0.39, 0.29) is 29.7 Å². The number of nitrogens with one attached hydrogen (secondary N) is 1. The van der Waals surface area contributed by atoms with Gasteiger partial charge in [0.25, 0.3) is 0 Å². The van der Waals surface area contributed by atoms with E-state index in [4.69, 9.17) is 9.84 Å². The van der Waals surface area contributed by atoms with Gasteiger partial charge >= 0.3 is 0 Å². The summed E-state index contributed by atoms with van der Waals surface area (Å²) in [5.74, 6) is 0.0166. The van der Waals surface area contributed by atoms with Crippen LogP contribution in [0.15, 0.2) is 30.3 Å². The molecule has 2 heterocycles. The van der Waals surface area contributed by atoms with Crippen molar-refractivity contribution in [2.75, 3.05) is 0 Å². The van der Waals surface area contributed by atoms with Gasteiger partial charge in [0.05, 0.1) is 23.4 Å². The molecule has 0 bridgehead atoms. The maximum absolute atomic E-state index is 11.7. The lowest BCUT2D eigenvalue weighted by Crippen LogP contribution is -2.43. The maximum Gasteiger partial charge on any atom is 0.217 e. The number of aryl methyl sites for hydroxylation is 1. The molecule has 1 amide bonds. The minimum atomic E-state index is -0.0811. The summed E-state index contributed by atoms with van der Waals surface area (Å²) in [4.78, 5) is 11.7. The smallest absolute Gasteiger partial charge is 0.217 e. The lowest BCUT2D eigenvalue weighted by atomic mass is 9.90. The zero-order chi connectivity index (χ0) is 20.5. The van der Waals surface area contributed by atoms with Gasteiger partial charge in [-0.1, -0.05) is 30.3 Å². The van der Waals surface area contributed by atoms with Crippen LogP contribution in [-0.2, 0) is 21.5 Å². The topological polar surface area (TPSA) is 56.1 Å². The van der Waals surface area contributed by atoms with Crippen LogP contribution in [0.3, 0.4) is 0 Å². The Bertz CT molecular complexity index is 820. The highest BCUT2D eigenvalue weighted by molar-refractivity contribution is 5.73. The van der Waals surface area contributed by atoms with Crippen molar-refractivity contribution in [1.29, 1.82) is 0 Å². The van der Waals surface area contributed by atoms with Gasteiger partial charge in [0.2, 0.25) is 5.91 Å². The van der Waals surface area contributed by atoms with Gasteiger partial charge in [0, 0.05) is 24.2 Å². The van der Waals surface area contributed by atoms with Crippen molar-refractivity contribution >= 4 is 5.91 Å². The molecule has 1 aliphatic heterocycles. The van der Waals surface area contributed by atoms with Gasteiger partial charge in [0.15, 0.2) is 0 Å². The summed E-state index contributed by atoms with van der Waals surface area (Å²) in [5.41, 5.74) is 4.51. The van der Waals surface area contributed by atoms with Crippen molar-refractivity contribution in [3.05, 3.63) is 52.8 Å². The average molecular weight is 384 g/mol. The second kappa shape index (κ2) is 8.08. The second-order valence-electron chi connectivity index (χ2n) is 8.97. The van der Waals surface area contributed by atoms with Crippen molar-refractivity contribution in [3.63, 3.8) is 0 Å². The third-order valence-corrected chi connectivity index (χ3v) is 5.42. The van der Waals surface area contributed by atoms with E-state index in [0.717, 1.165) is 30.7 Å². The molecule has 1 aromatic heterocycles. The van der Waals surface area contributed by atoms with E-state index < -0.39 is 0 Å². The molecule has 3 atom stereocenters. The van der Waals surface area contributed by atoms with E-state index >= 15 is 0 Å². The average Bonchev–Trinajstić information content (AvgIpc) is 2.89. The van der Waals surface area contributed by atoms with Crippen LogP contribution >= 0.6 is 0 Å². The van der Waals surface area contributed by atoms with Crippen molar-refractivity contribution < 1.29 is 9.53 Å². The van der Waals surface area contributed by atoms with E-state index in [1.807, 2.05) is 6.07 Å². The van der Waals surface area contributed by atoms with E-state index in [1.54, 1.807) is 6.92 Å². The zero-order valence-electron chi connectivity index (χ0n) is 18.0. The Morgan fingerprint density at radius 3 is 2.46 bits per heavy atom. The molecule has 0 spiro atoms. The Hall–Kier alpha value is -2.14. The van der Waals surface area contributed by atoms with Gasteiger partial charge in [0.1, 0.15) is 0 Å². The lowest BCUT2D eigenvalue weighted by Gasteiger charge is -2.36. The summed E-state index contributed by atoms with van der Waals surface area (Å²) < 4.78 is 8.66. The summed E-state index contributed by atoms with van der Waals surface area (Å²) in [6.45, 7) is 12.3. The minimum absolute atomic E-state index is 0.0166. The molecule has 1 aromatic carbocycles. The molecule has 0 unspecified atom stereocenters. The van der Waals surface area contributed by atoms with E-state index in [9.17, 15) is 4.79 Å². The molecule has 1 aliphatic rings. The molecule has 3 rings (SSSR count). The van der Waals surface area contributed by atoms with Gasteiger partial charge in [-0.2, -0.15) is 5.10 Å². The Balaban J connectivity index is 1.89. The number of amides is 1. The highest BCUT2D eigenvalue weighted by Crippen LogP contribution is 2.37. The number of carbonyl (C=O) groups excluding carboxylic acids is 1. The van der Waals surface area contributed by atoms with Crippen molar-refractivity contribution in [2.24, 2.45) is 0 Å². The number of hydrogen-bond acceptors (Lipinski definition) is 3. The number of ether oxygens (including phenoxy) is 1. The first-order chi connectivity index (χ1) is 13.1. The van der Waals surface area contributed by atoms with Gasteiger partial charge in [-0.15, -0.1) is 0 Å². The molecular formula is C23H33N3O2. The van der Waals surface area contributed by atoms with Crippen LogP contribution in [0.1, 0.15) is 69.2 Å². The SMILES string of the molecule is CC(=O)N[C@H]1C[C@@H](Cc2ccccc2)O[C@@H](c2c(C)nn(C(C)(C)C)c2C)C1. The van der Waals surface area contributed by atoms with Crippen molar-refractivity contribution in [1.82, 2.24) is 15.1 Å². The van der Waals surface area contributed by atoms with Crippen LogP contribution in [0, 0.1) is 13.8 Å². The first-order valence-electron chi connectivity index (χ1n) is 10.2. The molecule has 1 saturated heterocycles. The summed E-state index contributed by atoms with van der Waals surface area (Å²) in [5, 5.41) is 7.93. The summed E-state index contributed by atoms with van der Waals surface area (Å²) in [6, 6.07) is 10.5. The summed E-state index contributed by atoms with van der Waals surface area (Å²) in [6.07, 6.45) is 2.46. The Morgan fingerprint density at radius 2 is 1.89 bits per heavy atom. The molecule has 2 aromatic rings. The summed E-state index contributed by atoms with van der Waals surface area (Å²) >= 11 is 0. The Labute approximate surface area is 168 Å². The quantitative estimate of drug-likeness (QED) is 0.860. The third-order valence-electron chi connectivity index (χ3n) is 5.42. The molecule has 152 valence electrons. The van der Waals surface area contributed by atoms with Crippen molar-refractivity contribution in [3.8, 4) is 0 Å². The molecule has 5 heteroatoms. The van der Waals surface area contributed by atoms with E-state index in [0.29, 0.717) is 0 Å². The largest absolute Gasteiger partial charge is 0.370 e. The molecule has 28 heavy (non-hydrogen) atoms. The molecule has 5 nitrogen and oxygen atoms in total. The highest BCUT2D eigenvalue weighted by Gasteiger charge is 2.35. The predicted molar refractivity (Wildman–Crippen MR) is 111 cm³/mol. The Morgan fingerprint density at radius 1 is 1.21 bits per heavy atom. The molecule has 0 aliphatic carbocycles. The highest BCUT2D eigenvalue weighted by atomic mass is 16.5. The van der Waals surface area contributed by atoms with Crippen LogP contribution in [-0.4, -0.2) is 27.8 Å². The van der Waals surface area contributed by atoms with Crippen LogP contribution in [0.5, 0.6) is 0 Å². The number of nitrogens with zero attached hydrogens (tertiary/aromatic N) is 2. The zero-order valence-corrected chi connectivity index (χ0v) is 18.0. The fraction of sp³-hybridized carbons (Fsp3) is 0.565. The normalized spacial score (nSPS) is 22.9. The lowest BCUT2D eigenvalue weighted by molar-refractivity contribution is -0.122. The molecule has 1 fully saturated rings. The van der Waals surface area contributed by atoms with Crippen LogP contribution in [0.4, 0.5) is 0 Å². The molecule has 0 saturated carbocycles. The van der Waals surface area contributed by atoms with Crippen LogP contribution < -0.4 is 5.32 Å². The molecule has 0 radical (unpaired) electrons. The van der Waals surface area contributed by atoms with Gasteiger partial charge in [-0.25, -0.2) is 0 Å². The third kappa shape index (κ3) is 4.64. The minimum Gasteiger partial charge on any atom is -0.370 e. The maximum atomic E-state index is 11.7. The van der Waals surface area contributed by atoms with Crippen LogP contribution in [0.25, 0.3) is 0 Å². The number of carbonyl (C=O) groups is 1. The number of aromatic nitrogens is 2. The van der Waals surface area contributed by atoms with E-state index in [1.165, 1.54) is 11.1 Å². The van der Waals surface area contributed by atoms with Gasteiger partial charge < -0.3 is 10.1 Å². The first-order valence-corrected chi connectivity index (χ1v) is 10.2. The number of hydrogen-bond donors (Lipinski definition) is 1. The number of rotatable bonds is 4. The Kier molecular flexibility index (Phi) is 5.94. The van der Waals surface area contributed by atoms with E-state index in [2.05, 4.69) is 68.9 Å². The van der Waals surface area contributed by atoms with Gasteiger partial charge in [-0.05, 0) is 59.4 Å². The second-order valence-corrected chi connectivity index (χ2v) is 8.97. The van der Waals surface area contributed by atoms with Crippen molar-refractivity contribution in [2.45, 2.75) is 84.6 Å². The first kappa shape index (κ1) is 20.6. The summed E-state index contributed by atoms with van der Waals surface area (Å²) in [7, 11) is 0. The molecular weight excluding hydrogens is 350 g/mol. The fourth-order valence-electron chi connectivity index (χ4n) is 4.39. The fourth-order valence-corrected chi connectivity index (χ4v) is 4.39. The van der Waals surface area contributed by atoms with Crippen LogP contribution in [0.2, 0.25) is 0 Å². The predicted octanol–water partition coefficient (Wildman–Crippen LogP) is 4.22. The number of benzene rings is 1. The van der Waals surface area contributed by atoms with Gasteiger partial charge in [-0.3, -0.25) is 9.48 Å².